The number of aliphatic carboxylic acids is 1. The normalized spacial score (nSPS) is 22.6. The Balaban J connectivity index is 2.17. The van der Waals surface area contributed by atoms with Gasteiger partial charge in [-0.15, -0.1) is 0 Å². The molecule has 1 fully saturated rings. The van der Waals surface area contributed by atoms with Crippen molar-refractivity contribution in [1.82, 2.24) is 10.2 Å². The summed E-state index contributed by atoms with van der Waals surface area (Å²) in [5.74, 6) is -0.788. The summed E-state index contributed by atoms with van der Waals surface area (Å²) < 4.78 is 0. The number of rotatable bonds is 6. The molecule has 0 aromatic rings. The first-order valence-electron chi connectivity index (χ1n) is 6.66. The summed E-state index contributed by atoms with van der Waals surface area (Å²) >= 11 is 0. The summed E-state index contributed by atoms with van der Waals surface area (Å²) in [6.45, 7) is 8.74. The number of likely N-dealkylation sites (tertiary alicyclic amines) is 1. The van der Waals surface area contributed by atoms with Crippen LogP contribution in [0.3, 0.4) is 0 Å². The van der Waals surface area contributed by atoms with Gasteiger partial charge < -0.3 is 15.3 Å². The largest absolute Gasteiger partial charge is 0.480 e. The topological polar surface area (TPSA) is 52.6 Å². The van der Waals surface area contributed by atoms with Gasteiger partial charge in [-0.1, -0.05) is 6.42 Å². The van der Waals surface area contributed by atoms with Crippen molar-refractivity contribution in [2.24, 2.45) is 0 Å². The minimum absolute atomic E-state index is 0.691. The molecule has 0 spiro atoms. The lowest BCUT2D eigenvalue weighted by atomic mass is 10.0. The van der Waals surface area contributed by atoms with Crippen molar-refractivity contribution in [1.29, 1.82) is 0 Å². The first kappa shape index (κ1) is 14.5. The van der Waals surface area contributed by atoms with E-state index in [1.54, 1.807) is 13.8 Å². The molecule has 0 radical (unpaired) electrons. The average Bonchev–Trinajstić information content (AvgIpc) is 2.26. The Bertz CT molecular complexity index is 254. The van der Waals surface area contributed by atoms with Crippen LogP contribution < -0.4 is 5.32 Å². The number of carbonyl (C=O) groups is 1. The van der Waals surface area contributed by atoms with Crippen molar-refractivity contribution in [2.75, 3.05) is 19.6 Å². The van der Waals surface area contributed by atoms with Gasteiger partial charge in [-0.2, -0.15) is 0 Å². The summed E-state index contributed by atoms with van der Waals surface area (Å²) in [4.78, 5) is 13.4. The molecular formula is C13H26N2O2. The fourth-order valence-electron chi connectivity index (χ4n) is 2.25. The van der Waals surface area contributed by atoms with Crippen LogP contribution in [0.15, 0.2) is 0 Å². The fourth-order valence-corrected chi connectivity index (χ4v) is 2.25. The van der Waals surface area contributed by atoms with E-state index in [0.29, 0.717) is 6.04 Å². The molecule has 0 saturated carbocycles. The maximum absolute atomic E-state index is 10.9. The van der Waals surface area contributed by atoms with Crippen LogP contribution in [-0.2, 0) is 4.79 Å². The lowest BCUT2D eigenvalue weighted by Crippen LogP contribution is -2.48. The Labute approximate surface area is 104 Å². The molecule has 0 aliphatic carbocycles. The van der Waals surface area contributed by atoms with E-state index in [9.17, 15) is 4.79 Å². The van der Waals surface area contributed by atoms with Crippen LogP contribution >= 0.6 is 0 Å². The van der Waals surface area contributed by atoms with Crippen molar-refractivity contribution in [3.8, 4) is 0 Å². The third kappa shape index (κ3) is 4.64. The van der Waals surface area contributed by atoms with Crippen molar-refractivity contribution in [3.63, 3.8) is 0 Å². The molecule has 1 heterocycles. The fraction of sp³-hybridized carbons (Fsp3) is 0.923. The number of nitrogens with zero attached hydrogens (tertiary/aromatic N) is 1. The van der Waals surface area contributed by atoms with Crippen molar-refractivity contribution in [3.05, 3.63) is 0 Å². The van der Waals surface area contributed by atoms with E-state index in [-0.39, 0.29) is 0 Å². The van der Waals surface area contributed by atoms with Gasteiger partial charge in [0.05, 0.1) is 0 Å². The Hall–Kier alpha value is -0.610. The van der Waals surface area contributed by atoms with Crippen molar-refractivity contribution in [2.45, 2.75) is 58.0 Å². The Morgan fingerprint density at radius 3 is 2.76 bits per heavy atom. The second kappa shape index (κ2) is 6.36. The first-order valence-corrected chi connectivity index (χ1v) is 6.66. The Morgan fingerprint density at radius 1 is 1.47 bits per heavy atom. The Kier molecular flexibility index (Phi) is 5.40. The predicted molar refractivity (Wildman–Crippen MR) is 69.2 cm³/mol. The lowest BCUT2D eigenvalue weighted by molar-refractivity contribution is -0.143. The van der Waals surface area contributed by atoms with E-state index in [1.807, 2.05) is 0 Å². The highest BCUT2D eigenvalue weighted by atomic mass is 16.4. The van der Waals surface area contributed by atoms with Gasteiger partial charge in [0.2, 0.25) is 0 Å². The zero-order valence-electron chi connectivity index (χ0n) is 11.3. The van der Waals surface area contributed by atoms with Gasteiger partial charge in [0.1, 0.15) is 5.54 Å². The van der Waals surface area contributed by atoms with Gasteiger partial charge in [-0.3, -0.25) is 4.79 Å². The third-order valence-electron chi connectivity index (χ3n) is 3.66. The number of carboxylic acid groups (broad SMARTS) is 1. The molecule has 0 amide bonds. The minimum Gasteiger partial charge on any atom is -0.480 e. The molecule has 1 atom stereocenters. The number of carboxylic acids is 1. The maximum Gasteiger partial charge on any atom is 0.323 e. The molecule has 0 bridgehead atoms. The quantitative estimate of drug-likeness (QED) is 0.696. The van der Waals surface area contributed by atoms with Crippen LogP contribution in [0.2, 0.25) is 0 Å². The SMILES string of the molecule is CC1CCCCN1CCCNC(C)(C)C(=O)O. The van der Waals surface area contributed by atoms with E-state index in [0.717, 1.165) is 19.5 Å². The molecular weight excluding hydrogens is 216 g/mol. The molecule has 2 N–H and O–H groups in total. The molecule has 1 unspecified atom stereocenters. The van der Waals surface area contributed by atoms with Crippen LogP contribution in [0.25, 0.3) is 0 Å². The number of hydrogen-bond donors (Lipinski definition) is 2. The molecule has 1 aliphatic rings. The molecule has 100 valence electrons. The monoisotopic (exact) mass is 242 g/mol. The highest BCUT2D eigenvalue weighted by Gasteiger charge is 2.25. The molecule has 4 nitrogen and oxygen atoms in total. The molecule has 1 saturated heterocycles. The van der Waals surface area contributed by atoms with Crippen LogP contribution in [0.4, 0.5) is 0 Å². The van der Waals surface area contributed by atoms with Gasteiger partial charge in [0, 0.05) is 6.04 Å². The van der Waals surface area contributed by atoms with Gasteiger partial charge in [-0.25, -0.2) is 0 Å². The number of hydrogen-bond acceptors (Lipinski definition) is 3. The van der Waals surface area contributed by atoms with Crippen molar-refractivity contribution >= 4 is 5.97 Å². The molecule has 0 aromatic carbocycles. The maximum atomic E-state index is 10.9. The van der Waals surface area contributed by atoms with Crippen LogP contribution in [0.1, 0.15) is 46.5 Å². The summed E-state index contributed by atoms with van der Waals surface area (Å²) in [6.07, 6.45) is 4.97. The van der Waals surface area contributed by atoms with Crippen LogP contribution in [0, 0.1) is 0 Å². The predicted octanol–water partition coefficient (Wildman–Crippen LogP) is 1.70. The van der Waals surface area contributed by atoms with Gasteiger partial charge >= 0.3 is 5.97 Å². The summed E-state index contributed by atoms with van der Waals surface area (Å²) in [5.41, 5.74) is -0.812. The van der Waals surface area contributed by atoms with E-state index in [1.165, 1.54) is 25.8 Å². The molecule has 0 aromatic heterocycles. The first-order chi connectivity index (χ1) is 7.93. The highest BCUT2D eigenvalue weighted by Crippen LogP contribution is 2.16. The number of piperidine rings is 1. The van der Waals surface area contributed by atoms with Crippen LogP contribution in [0.5, 0.6) is 0 Å². The van der Waals surface area contributed by atoms with Gasteiger partial charge in [0.25, 0.3) is 0 Å². The molecule has 17 heavy (non-hydrogen) atoms. The number of nitrogens with one attached hydrogen (secondary N) is 1. The Morgan fingerprint density at radius 2 is 2.18 bits per heavy atom. The minimum atomic E-state index is -0.812. The molecule has 1 rings (SSSR count). The summed E-state index contributed by atoms with van der Waals surface area (Å²) in [7, 11) is 0. The van der Waals surface area contributed by atoms with E-state index >= 15 is 0 Å². The van der Waals surface area contributed by atoms with E-state index in [4.69, 9.17) is 5.11 Å². The van der Waals surface area contributed by atoms with Crippen LogP contribution in [-0.4, -0.2) is 47.2 Å². The second-order valence-electron chi connectivity index (χ2n) is 5.59. The summed E-state index contributed by atoms with van der Waals surface area (Å²) in [5, 5.41) is 12.0. The zero-order valence-corrected chi connectivity index (χ0v) is 11.3. The molecule has 4 heteroatoms. The summed E-state index contributed by atoms with van der Waals surface area (Å²) in [6, 6.07) is 0.691. The van der Waals surface area contributed by atoms with Gasteiger partial charge in [0.15, 0.2) is 0 Å². The van der Waals surface area contributed by atoms with Crippen molar-refractivity contribution < 1.29 is 9.90 Å². The third-order valence-corrected chi connectivity index (χ3v) is 3.66. The lowest BCUT2D eigenvalue weighted by Gasteiger charge is -2.33. The standard InChI is InChI=1S/C13H26N2O2/c1-11-7-4-5-9-15(11)10-6-8-14-13(2,3)12(16)17/h11,14H,4-10H2,1-3H3,(H,16,17). The smallest absolute Gasteiger partial charge is 0.323 e. The average molecular weight is 242 g/mol. The molecule has 1 aliphatic heterocycles. The highest BCUT2D eigenvalue weighted by molar-refractivity contribution is 5.77. The second-order valence-corrected chi connectivity index (χ2v) is 5.59. The zero-order chi connectivity index (χ0) is 12.9. The van der Waals surface area contributed by atoms with E-state index < -0.39 is 11.5 Å². The van der Waals surface area contributed by atoms with E-state index in [2.05, 4.69) is 17.1 Å². The van der Waals surface area contributed by atoms with Gasteiger partial charge in [-0.05, 0) is 59.7 Å².